The first-order valence-electron chi connectivity index (χ1n) is 10.0. The number of alkyl halides is 2. The van der Waals surface area contributed by atoms with Gasteiger partial charge in [-0.2, -0.15) is 0 Å². The summed E-state index contributed by atoms with van der Waals surface area (Å²) in [5.41, 5.74) is 9.36. The fourth-order valence-corrected chi connectivity index (χ4v) is 4.11. The van der Waals surface area contributed by atoms with Gasteiger partial charge in [0.25, 0.3) is 11.8 Å². The van der Waals surface area contributed by atoms with Gasteiger partial charge in [0.15, 0.2) is 0 Å². The Hall–Kier alpha value is -2.81. The van der Waals surface area contributed by atoms with Crippen molar-refractivity contribution >= 4 is 11.6 Å². The smallest absolute Gasteiger partial charge is 0.267 e. The largest absolute Gasteiger partial charge is 0.481 e. The number of methoxy groups -OCH3 is 1. The molecule has 2 aromatic rings. The molecule has 4 heterocycles. The molecule has 0 saturated carbocycles. The van der Waals surface area contributed by atoms with E-state index in [0.717, 1.165) is 35.5 Å². The number of carbonyl (C=O) groups is 1. The van der Waals surface area contributed by atoms with Gasteiger partial charge in [-0.1, -0.05) is 0 Å². The van der Waals surface area contributed by atoms with Crippen molar-refractivity contribution in [3.05, 3.63) is 46.9 Å². The summed E-state index contributed by atoms with van der Waals surface area (Å²) in [5, 5.41) is 0. The molecule has 4 rings (SSSR count). The number of hydrogen-bond acceptors (Lipinski definition) is 6. The molecule has 0 aliphatic carbocycles. The van der Waals surface area contributed by atoms with Crippen LogP contribution in [-0.4, -0.2) is 53.4 Å². The van der Waals surface area contributed by atoms with Crippen LogP contribution >= 0.6 is 0 Å². The SMILES string of the molecule is COc1cc(CN2CCc3c(N4CCC(F)(F)CC4)cc(C(N)=O)nc3C2)ccn1. The number of fused-ring (bicyclic) bond motifs is 1. The van der Waals surface area contributed by atoms with E-state index in [-0.39, 0.29) is 31.6 Å². The molecule has 30 heavy (non-hydrogen) atoms. The molecular formula is C21H25F2N5O2. The first-order valence-corrected chi connectivity index (χ1v) is 10.0. The number of hydrogen-bond donors (Lipinski definition) is 1. The molecule has 160 valence electrons. The van der Waals surface area contributed by atoms with Crippen LogP contribution in [0.1, 0.15) is 40.2 Å². The van der Waals surface area contributed by atoms with Crippen LogP contribution in [0.4, 0.5) is 14.5 Å². The summed E-state index contributed by atoms with van der Waals surface area (Å²) < 4.78 is 32.4. The van der Waals surface area contributed by atoms with Crippen molar-refractivity contribution in [2.45, 2.75) is 38.3 Å². The topological polar surface area (TPSA) is 84.6 Å². The second kappa shape index (κ2) is 8.14. The first kappa shape index (κ1) is 20.5. The highest BCUT2D eigenvalue weighted by molar-refractivity contribution is 5.92. The number of primary amides is 1. The quantitative estimate of drug-likeness (QED) is 0.804. The van der Waals surface area contributed by atoms with Gasteiger partial charge in [-0.3, -0.25) is 9.69 Å². The Kier molecular flexibility index (Phi) is 5.55. The second-order valence-electron chi connectivity index (χ2n) is 7.83. The monoisotopic (exact) mass is 417 g/mol. The third-order valence-electron chi connectivity index (χ3n) is 5.74. The summed E-state index contributed by atoms with van der Waals surface area (Å²) in [6.07, 6.45) is 2.06. The number of carbonyl (C=O) groups excluding carboxylic acids is 1. The summed E-state index contributed by atoms with van der Waals surface area (Å²) in [5.74, 6) is -2.68. The predicted octanol–water partition coefficient (Wildman–Crippen LogP) is 2.38. The number of nitrogens with zero attached hydrogens (tertiary/aromatic N) is 4. The minimum atomic E-state index is -2.63. The molecule has 2 aromatic heterocycles. The summed E-state index contributed by atoms with van der Waals surface area (Å²) in [6.45, 7) is 2.54. The Morgan fingerprint density at radius 3 is 2.73 bits per heavy atom. The Bertz CT molecular complexity index is 943. The van der Waals surface area contributed by atoms with E-state index >= 15 is 0 Å². The molecule has 0 bridgehead atoms. The van der Waals surface area contributed by atoms with Crippen LogP contribution in [0.3, 0.4) is 0 Å². The maximum absolute atomic E-state index is 13.6. The molecule has 1 saturated heterocycles. The lowest BCUT2D eigenvalue weighted by atomic mass is 9.98. The fourth-order valence-electron chi connectivity index (χ4n) is 4.11. The molecule has 1 fully saturated rings. The average Bonchev–Trinajstić information content (AvgIpc) is 2.73. The molecule has 2 aliphatic heterocycles. The minimum Gasteiger partial charge on any atom is -0.481 e. The lowest BCUT2D eigenvalue weighted by Crippen LogP contribution is -2.41. The lowest BCUT2D eigenvalue weighted by Gasteiger charge is -2.37. The van der Waals surface area contributed by atoms with E-state index in [1.807, 2.05) is 17.0 Å². The zero-order valence-electron chi connectivity index (χ0n) is 16.9. The van der Waals surface area contributed by atoms with E-state index in [1.165, 1.54) is 0 Å². The van der Waals surface area contributed by atoms with E-state index in [2.05, 4.69) is 14.9 Å². The van der Waals surface area contributed by atoms with Crippen molar-refractivity contribution in [3.8, 4) is 5.88 Å². The molecule has 0 aromatic carbocycles. The van der Waals surface area contributed by atoms with Gasteiger partial charge in [-0.15, -0.1) is 0 Å². The maximum Gasteiger partial charge on any atom is 0.267 e. The zero-order valence-corrected chi connectivity index (χ0v) is 16.9. The third-order valence-corrected chi connectivity index (χ3v) is 5.74. The van der Waals surface area contributed by atoms with E-state index < -0.39 is 11.8 Å². The Morgan fingerprint density at radius 2 is 2.03 bits per heavy atom. The molecule has 2 aliphatic rings. The number of halogens is 2. The van der Waals surface area contributed by atoms with Gasteiger partial charge in [-0.05, 0) is 29.7 Å². The van der Waals surface area contributed by atoms with Gasteiger partial charge in [0, 0.05) is 63.5 Å². The van der Waals surface area contributed by atoms with Gasteiger partial charge in [0.1, 0.15) is 5.69 Å². The molecule has 0 spiro atoms. The number of anilines is 1. The van der Waals surface area contributed by atoms with Crippen molar-refractivity contribution in [1.82, 2.24) is 14.9 Å². The summed E-state index contributed by atoms with van der Waals surface area (Å²) >= 11 is 0. The molecule has 7 nitrogen and oxygen atoms in total. The number of aromatic nitrogens is 2. The highest BCUT2D eigenvalue weighted by Gasteiger charge is 2.35. The summed E-state index contributed by atoms with van der Waals surface area (Å²) in [4.78, 5) is 24.6. The van der Waals surface area contributed by atoms with Crippen molar-refractivity contribution < 1.29 is 18.3 Å². The first-order chi connectivity index (χ1) is 14.3. The van der Waals surface area contributed by atoms with Crippen LogP contribution < -0.4 is 15.4 Å². The van der Waals surface area contributed by atoms with Crippen molar-refractivity contribution in [2.24, 2.45) is 5.73 Å². The van der Waals surface area contributed by atoms with Gasteiger partial charge in [-0.25, -0.2) is 18.7 Å². The van der Waals surface area contributed by atoms with E-state index in [1.54, 1.807) is 19.4 Å². The van der Waals surface area contributed by atoms with Gasteiger partial charge in [0.05, 0.1) is 12.8 Å². The highest BCUT2D eigenvalue weighted by Crippen LogP contribution is 2.35. The van der Waals surface area contributed by atoms with Gasteiger partial charge < -0.3 is 15.4 Å². The lowest BCUT2D eigenvalue weighted by molar-refractivity contribution is -0.0220. The average molecular weight is 417 g/mol. The van der Waals surface area contributed by atoms with Crippen LogP contribution in [0.5, 0.6) is 5.88 Å². The number of amides is 1. The zero-order chi connectivity index (χ0) is 21.3. The number of rotatable bonds is 5. The summed E-state index contributed by atoms with van der Waals surface area (Å²) in [7, 11) is 1.58. The molecular weight excluding hydrogens is 392 g/mol. The number of pyridine rings is 2. The third kappa shape index (κ3) is 4.35. The molecule has 1 amide bonds. The molecule has 2 N–H and O–H groups in total. The normalized spacial score (nSPS) is 18.7. The van der Waals surface area contributed by atoms with Crippen LogP contribution in [-0.2, 0) is 19.5 Å². The van der Waals surface area contributed by atoms with Crippen molar-refractivity contribution in [2.75, 3.05) is 31.6 Å². The van der Waals surface area contributed by atoms with E-state index in [4.69, 9.17) is 10.5 Å². The van der Waals surface area contributed by atoms with E-state index in [9.17, 15) is 13.6 Å². The Labute approximate surface area is 173 Å². The van der Waals surface area contributed by atoms with Crippen molar-refractivity contribution in [1.29, 1.82) is 0 Å². The molecule has 0 unspecified atom stereocenters. The van der Waals surface area contributed by atoms with Crippen LogP contribution in [0.25, 0.3) is 0 Å². The molecule has 9 heteroatoms. The van der Waals surface area contributed by atoms with E-state index in [0.29, 0.717) is 19.0 Å². The standard InChI is InChI=1S/C21H25F2N5O2/c1-30-19-10-14(2-6-25-19)12-27-7-3-15-17(13-27)26-16(20(24)29)11-18(15)28-8-4-21(22,23)5-9-28/h2,6,10-11H,3-5,7-9,12-13H2,1H3,(H2,24,29). The maximum atomic E-state index is 13.6. The number of nitrogens with two attached hydrogens (primary N) is 1. The Morgan fingerprint density at radius 1 is 1.27 bits per heavy atom. The van der Waals surface area contributed by atoms with Gasteiger partial charge in [0.2, 0.25) is 5.88 Å². The van der Waals surface area contributed by atoms with Gasteiger partial charge >= 0.3 is 0 Å². The number of ether oxygens (including phenoxy) is 1. The number of piperidine rings is 1. The molecule has 0 atom stereocenters. The van der Waals surface area contributed by atoms with Crippen molar-refractivity contribution in [3.63, 3.8) is 0 Å². The van der Waals surface area contributed by atoms with Crippen LogP contribution in [0.2, 0.25) is 0 Å². The minimum absolute atomic E-state index is 0.175. The fraction of sp³-hybridized carbons (Fsp3) is 0.476. The summed E-state index contributed by atoms with van der Waals surface area (Å²) in [6, 6.07) is 5.49. The highest BCUT2D eigenvalue weighted by atomic mass is 19.3. The Balaban J connectivity index is 1.58. The van der Waals surface area contributed by atoms with Crippen LogP contribution in [0, 0.1) is 0 Å². The second-order valence-corrected chi connectivity index (χ2v) is 7.83. The molecule has 0 radical (unpaired) electrons. The predicted molar refractivity (Wildman–Crippen MR) is 108 cm³/mol. The van der Waals surface area contributed by atoms with Crippen LogP contribution in [0.15, 0.2) is 24.4 Å².